The van der Waals surface area contributed by atoms with Crippen LogP contribution in [0.25, 0.3) is 0 Å². The maximum atomic E-state index is 9.74. The van der Waals surface area contributed by atoms with Gasteiger partial charge in [0.15, 0.2) is 0 Å². The number of aliphatic hydroxyl groups is 1. The van der Waals surface area contributed by atoms with E-state index in [1.807, 2.05) is 36.0 Å². The van der Waals surface area contributed by atoms with Crippen LogP contribution >= 0.6 is 15.9 Å². The van der Waals surface area contributed by atoms with Crippen molar-refractivity contribution in [2.75, 3.05) is 6.61 Å². The number of hydrogen-bond donors (Lipinski definition) is 1. The van der Waals surface area contributed by atoms with Crippen LogP contribution < -0.4 is 4.74 Å². The molecule has 0 aliphatic heterocycles. The Hall–Kier alpha value is -1.33. The van der Waals surface area contributed by atoms with Crippen molar-refractivity contribution in [3.05, 3.63) is 46.5 Å². The van der Waals surface area contributed by atoms with Gasteiger partial charge in [0.25, 0.3) is 0 Å². The summed E-state index contributed by atoms with van der Waals surface area (Å²) in [4.78, 5) is 4.24. The van der Waals surface area contributed by atoms with Gasteiger partial charge in [0.1, 0.15) is 11.6 Å². The van der Waals surface area contributed by atoms with Crippen LogP contribution in [0.5, 0.6) is 5.75 Å². The molecule has 0 amide bonds. The third-order valence-electron chi connectivity index (χ3n) is 2.93. The second kappa shape index (κ2) is 6.21. The Morgan fingerprint density at radius 3 is 2.89 bits per heavy atom. The summed E-state index contributed by atoms with van der Waals surface area (Å²) in [6.45, 7) is 2.26. The number of aryl methyl sites for hydroxylation is 1. The fourth-order valence-corrected chi connectivity index (χ4v) is 2.25. The van der Waals surface area contributed by atoms with Crippen LogP contribution in [0, 0.1) is 0 Å². The number of rotatable bonds is 5. The molecule has 0 saturated heterocycles. The number of ether oxygens (including phenoxy) is 1. The van der Waals surface area contributed by atoms with Crippen molar-refractivity contribution >= 4 is 15.9 Å². The van der Waals surface area contributed by atoms with Crippen LogP contribution in [0.15, 0.2) is 35.1 Å². The van der Waals surface area contributed by atoms with Gasteiger partial charge in [-0.3, -0.25) is 0 Å². The normalized spacial score (nSPS) is 12.4. The lowest BCUT2D eigenvalue weighted by atomic mass is 10.1. The first kappa shape index (κ1) is 14.1. The molecule has 0 unspecified atom stereocenters. The first-order chi connectivity index (χ1) is 9.08. The van der Waals surface area contributed by atoms with E-state index < -0.39 is 6.10 Å². The van der Waals surface area contributed by atoms with Crippen LogP contribution in [0.4, 0.5) is 0 Å². The van der Waals surface area contributed by atoms with Crippen molar-refractivity contribution in [3.8, 4) is 5.75 Å². The van der Waals surface area contributed by atoms with Gasteiger partial charge < -0.3 is 14.4 Å². The topological polar surface area (TPSA) is 47.3 Å². The van der Waals surface area contributed by atoms with E-state index in [4.69, 9.17) is 4.74 Å². The summed E-state index contributed by atoms with van der Waals surface area (Å²) in [5.41, 5.74) is 0.786. The molecule has 1 N–H and O–H groups in total. The molecule has 0 aliphatic rings. The molecule has 5 heteroatoms. The Kier molecular flexibility index (Phi) is 4.61. The molecule has 1 atom stereocenters. The Morgan fingerprint density at radius 1 is 1.47 bits per heavy atom. The van der Waals surface area contributed by atoms with E-state index in [0.717, 1.165) is 22.3 Å². The SMILES string of the molecule is C[C@@H](O)c1cc(Br)ccc1OCCc1nccn1C. The average Bonchev–Trinajstić information content (AvgIpc) is 2.77. The van der Waals surface area contributed by atoms with E-state index in [2.05, 4.69) is 20.9 Å². The lowest BCUT2D eigenvalue weighted by molar-refractivity contribution is 0.191. The molecule has 0 radical (unpaired) electrons. The Labute approximate surface area is 121 Å². The quantitative estimate of drug-likeness (QED) is 0.919. The average molecular weight is 325 g/mol. The summed E-state index contributed by atoms with van der Waals surface area (Å²) >= 11 is 3.39. The molecule has 19 heavy (non-hydrogen) atoms. The number of hydrogen-bond acceptors (Lipinski definition) is 3. The molecule has 0 fully saturated rings. The first-order valence-corrected chi connectivity index (χ1v) is 6.93. The van der Waals surface area contributed by atoms with Crippen molar-refractivity contribution in [1.82, 2.24) is 9.55 Å². The summed E-state index contributed by atoms with van der Waals surface area (Å²) in [7, 11) is 1.96. The molecule has 102 valence electrons. The van der Waals surface area contributed by atoms with Crippen molar-refractivity contribution in [3.63, 3.8) is 0 Å². The fraction of sp³-hybridized carbons (Fsp3) is 0.357. The highest BCUT2D eigenvalue weighted by Crippen LogP contribution is 2.28. The second-order valence-corrected chi connectivity index (χ2v) is 5.33. The molecule has 1 aromatic heterocycles. The van der Waals surface area contributed by atoms with Gasteiger partial charge in [-0.2, -0.15) is 0 Å². The highest BCUT2D eigenvalue weighted by Gasteiger charge is 2.10. The third kappa shape index (κ3) is 3.58. The molecular formula is C14H17BrN2O2. The molecule has 0 bridgehead atoms. The van der Waals surface area contributed by atoms with Gasteiger partial charge in [-0.1, -0.05) is 15.9 Å². The zero-order valence-electron chi connectivity index (χ0n) is 11.0. The first-order valence-electron chi connectivity index (χ1n) is 6.14. The lowest BCUT2D eigenvalue weighted by Crippen LogP contribution is -2.08. The number of nitrogens with zero attached hydrogens (tertiary/aromatic N) is 2. The number of halogens is 1. The summed E-state index contributed by atoms with van der Waals surface area (Å²) in [6, 6.07) is 5.65. The van der Waals surface area contributed by atoms with E-state index in [-0.39, 0.29) is 0 Å². The van der Waals surface area contributed by atoms with Crippen molar-refractivity contribution in [2.24, 2.45) is 7.05 Å². The molecule has 0 spiro atoms. The maximum Gasteiger partial charge on any atom is 0.125 e. The van der Waals surface area contributed by atoms with Crippen molar-refractivity contribution in [1.29, 1.82) is 0 Å². The molecule has 2 rings (SSSR count). The Morgan fingerprint density at radius 2 is 2.26 bits per heavy atom. The second-order valence-electron chi connectivity index (χ2n) is 4.41. The largest absolute Gasteiger partial charge is 0.493 e. The van der Waals surface area contributed by atoms with Gasteiger partial charge in [0.05, 0.1) is 12.7 Å². The fourth-order valence-electron chi connectivity index (χ4n) is 1.87. The Bertz CT molecular complexity index is 552. The maximum absolute atomic E-state index is 9.74. The summed E-state index contributed by atoms with van der Waals surface area (Å²) in [5.74, 6) is 1.70. The van der Waals surface area contributed by atoms with Crippen LogP contribution in [-0.2, 0) is 13.5 Å². The summed E-state index contributed by atoms with van der Waals surface area (Å²) < 4.78 is 8.65. The van der Waals surface area contributed by atoms with Crippen LogP contribution in [0.2, 0.25) is 0 Å². The predicted octanol–water partition coefficient (Wildman–Crippen LogP) is 2.86. The van der Waals surface area contributed by atoms with E-state index in [1.165, 1.54) is 0 Å². The molecule has 1 aromatic carbocycles. The highest BCUT2D eigenvalue weighted by molar-refractivity contribution is 9.10. The molecule has 4 nitrogen and oxygen atoms in total. The predicted molar refractivity (Wildman–Crippen MR) is 77.2 cm³/mol. The van der Waals surface area contributed by atoms with Crippen LogP contribution in [0.1, 0.15) is 24.4 Å². The minimum atomic E-state index is -0.555. The zero-order valence-corrected chi connectivity index (χ0v) is 12.6. The number of aromatic nitrogens is 2. The van der Waals surface area contributed by atoms with E-state index in [0.29, 0.717) is 12.4 Å². The monoisotopic (exact) mass is 324 g/mol. The van der Waals surface area contributed by atoms with Crippen molar-refractivity contribution in [2.45, 2.75) is 19.4 Å². The van der Waals surface area contributed by atoms with Gasteiger partial charge in [-0.15, -0.1) is 0 Å². The molecule has 1 heterocycles. The van der Waals surface area contributed by atoms with Crippen LogP contribution in [0.3, 0.4) is 0 Å². The lowest BCUT2D eigenvalue weighted by Gasteiger charge is -2.13. The van der Waals surface area contributed by atoms with E-state index in [1.54, 1.807) is 13.1 Å². The van der Waals surface area contributed by atoms with Gasteiger partial charge in [0, 0.05) is 35.9 Å². The number of aliphatic hydroxyl groups excluding tert-OH is 1. The Balaban J connectivity index is 2.01. The summed E-state index contributed by atoms with van der Waals surface area (Å²) in [6.07, 6.45) is 3.87. The van der Waals surface area contributed by atoms with Gasteiger partial charge in [-0.05, 0) is 25.1 Å². The molecular weight excluding hydrogens is 308 g/mol. The third-order valence-corrected chi connectivity index (χ3v) is 3.42. The number of benzene rings is 1. The molecule has 0 saturated carbocycles. The van der Waals surface area contributed by atoms with Gasteiger partial charge in [0.2, 0.25) is 0 Å². The smallest absolute Gasteiger partial charge is 0.125 e. The highest BCUT2D eigenvalue weighted by atomic mass is 79.9. The van der Waals surface area contributed by atoms with Gasteiger partial charge in [-0.25, -0.2) is 4.98 Å². The van der Waals surface area contributed by atoms with Crippen molar-refractivity contribution < 1.29 is 9.84 Å². The molecule has 2 aromatic rings. The standard InChI is InChI=1S/C14H17BrN2O2/c1-10(18)12-9-11(15)3-4-13(12)19-8-5-14-16-6-7-17(14)2/h3-4,6-7,9-10,18H,5,8H2,1-2H3/t10-/m1/s1. The van der Waals surface area contributed by atoms with E-state index in [9.17, 15) is 5.11 Å². The minimum Gasteiger partial charge on any atom is -0.493 e. The van der Waals surface area contributed by atoms with Gasteiger partial charge >= 0.3 is 0 Å². The zero-order chi connectivity index (χ0) is 13.8. The number of imidazole rings is 1. The molecule has 0 aliphatic carbocycles. The van der Waals surface area contributed by atoms with Crippen LogP contribution in [-0.4, -0.2) is 21.3 Å². The minimum absolute atomic E-state index is 0.534. The summed E-state index contributed by atoms with van der Waals surface area (Å²) in [5, 5.41) is 9.74. The van der Waals surface area contributed by atoms with E-state index >= 15 is 0 Å².